The Morgan fingerprint density at radius 1 is 0.765 bits per heavy atom. The van der Waals surface area contributed by atoms with Gasteiger partial charge in [0.15, 0.2) is 22.7 Å². The van der Waals surface area contributed by atoms with E-state index in [0.717, 1.165) is 33.4 Å². The van der Waals surface area contributed by atoms with E-state index in [0.29, 0.717) is 0 Å². The Morgan fingerprint density at radius 3 is 1.65 bits per heavy atom. The zero-order valence-electron chi connectivity index (χ0n) is 9.69. The summed E-state index contributed by atoms with van der Waals surface area (Å²) in [5.74, 6) is 1.47. The summed E-state index contributed by atoms with van der Waals surface area (Å²) < 4.78 is 16.4. The molecule has 2 aromatic carbocycles. The maximum absolute atomic E-state index is 5.85. The smallest absolute Gasteiger partial charge is 0.177 e. The van der Waals surface area contributed by atoms with Gasteiger partial charge in [-0.25, -0.2) is 0 Å². The van der Waals surface area contributed by atoms with Crippen LogP contribution in [0.1, 0.15) is 0 Å². The second-order valence-electron chi connectivity index (χ2n) is 3.78. The van der Waals surface area contributed by atoms with Crippen LogP contribution >= 0.6 is 0 Å². The molecule has 0 aliphatic carbocycles. The van der Waals surface area contributed by atoms with Gasteiger partial charge in [0, 0.05) is 10.8 Å². The molecule has 3 rings (SSSR count). The minimum absolute atomic E-state index is 0.737. The lowest BCUT2D eigenvalue weighted by Crippen LogP contribution is -1.81. The second-order valence-corrected chi connectivity index (χ2v) is 3.78. The first-order valence-corrected chi connectivity index (χ1v) is 5.37. The molecule has 0 bridgehead atoms. The Balaban J connectivity index is 2.49. The van der Waals surface area contributed by atoms with Crippen LogP contribution in [0.5, 0.6) is 11.5 Å². The molecule has 86 valence electrons. The van der Waals surface area contributed by atoms with E-state index in [1.807, 2.05) is 36.4 Å². The number of para-hydroxylation sites is 2. The van der Waals surface area contributed by atoms with Gasteiger partial charge in [0.25, 0.3) is 0 Å². The predicted molar refractivity (Wildman–Crippen MR) is 66.8 cm³/mol. The SMILES string of the molecule is COc1cccc2c1oc1c(OC)cccc12. The molecule has 0 amide bonds. The quantitative estimate of drug-likeness (QED) is 0.671. The van der Waals surface area contributed by atoms with Crippen molar-refractivity contribution < 1.29 is 13.9 Å². The lowest BCUT2D eigenvalue weighted by Gasteiger charge is -1.98. The van der Waals surface area contributed by atoms with Crippen molar-refractivity contribution in [3.63, 3.8) is 0 Å². The summed E-state index contributed by atoms with van der Waals surface area (Å²) in [5, 5.41) is 2.08. The van der Waals surface area contributed by atoms with E-state index >= 15 is 0 Å². The molecule has 0 atom stereocenters. The maximum atomic E-state index is 5.85. The Bertz CT molecular complexity index is 624. The molecule has 0 radical (unpaired) electrons. The summed E-state index contributed by atoms with van der Waals surface area (Å²) >= 11 is 0. The van der Waals surface area contributed by atoms with Crippen molar-refractivity contribution in [1.82, 2.24) is 0 Å². The Morgan fingerprint density at radius 2 is 1.24 bits per heavy atom. The van der Waals surface area contributed by atoms with Gasteiger partial charge in [-0.1, -0.05) is 24.3 Å². The summed E-state index contributed by atoms with van der Waals surface area (Å²) in [6.07, 6.45) is 0. The molecular formula is C14H12O3. The van der Waals surface area contributed by atoms with Gasteiger partial charge in [0.2, 0.25) is 0 Å². The van der Waals surface area contributed by atoms with Crippen LogP contribution < -0.4 is 9.47 Å². The van der Waals surface area contributed by atoms with Crippen LogP contribution in [0.2, 0.25) is 0 Å². The molecule has 3 heteroatoms. The van der Waals surface area contributed by atoms with Crippen LogP contribution in [-0.2, 0) is 0 Å². The topological polar surface area (TPSA) is 31.6 Å². The average Bonchev–Trinajstić information content (AvgIpc) is 2.77. The zero-order chi connectivity index (χ0) is 11.8. The molecule has 3 nitrogen and oxygen atoms in total. The number of methoxy groups -OCH3 is 2. The van der Waals surface area contributed by atoms with Gasteiger partial charge in [0.1, 0.15) is 0 Å². The van der Waals surface area contributed by atoms with Crippen molar-refractivity contribution >= 4 is 21.9 Å². The normalized spacial score (nSPS) is 10.9. The summed E-state index contributed by atoms with van der Waals surface area (Å²) in [6.45, 7) is 0. The predicted octanol–water partition coefficient (Wildman–Crippen LogP) is 3.60. The highest BCUT2D eigenvalue weighted by Gasteiger charge is 2.13. The number of fused-ring (bicyclic) bond motifs is 3. The van der Waals surface area contributed by atoms with Crippen LogP contribution in [0.4, 0.5) is 0 Å². The van der Waals surface area contributed by atoms with E-state index in [-0.39, 0.29) is 0 Å². The van der Waals surface area contributed by atoms with Crippen molar-refractivity contribution in [3.05, 3.63) is 36.4 Å². The van der Waals surface area contributed by atoms with Crippen molar-refractivity contribution in [2.75, 3.05) is 14.2 Å². The fourth-order valence-corrected chi connectivity index (χ4v) is 2.09. The molecule has 3 aromatic rings. The van der Waals surface area contributed by atoms with Crippen molar-refractivity contribution in [1.29, 1.82) is 0 Å². The molecule has 0 saturated heterocycles. The number of benzene rings is 2. The van der Waals surface area contributed by atoms with Crippen molar-refractivity contribution in [2.24, 2.45) is 0 Å². The fraction of sp³-hybridized carbons (Fsp3) is 0.143. The van der Waals surface area contributed by atoms with Gasteiger partial charge in [-0.05, 0) is 12.1 Å². The standard InChI is InChI=1S/C14H12O3/c1-15-11-7-3-5-9-10-6-4-8-12(16-2)14(10)17-13(9)11/h3-8H,1-2H3. The van der Waals surface area contributed by atoms with Crippen LogP contribution in [0.25, 0.3) is 21.9 Å². The molecule has 0 fully saturated rings. The number of rotatable bonds is 2. The Labute approximate surface area is 98.5 Å². The third-order valence-electron chi connectivity index (χ3n) is 2.89. The molecule has 0 aliphatic heterocycles. The lowest BCUT2D eigenvalue weighted by atomic mass is 10.1. The van der Waals surface area contributed by atoms with E-state index in [1.54, 1.807) is 14.2 Å². The summed E-state index contributed by atoms with van der Waals surface area (Å²) in [5.41, 5.74) is 1.52. The van der Waals surface area contributed by atoms with Gasteiger partial charge in [-0.15, -0.1) is 0 Å². The fourth-order valence-electron chi connectivity index (χ4n) is 2.09. The molecule has 0 unspecified atom stereocenters. The number of hydrogen-bond acceptors (Lipinski definition) is 3. The minimum Gasteiger partial charge on any atom is -0.493 e. The molecule has 0 saturated carbocycles. The van der Waals surface area contributed by atoms with Gasteiger partial charge >= 0.3 is 0 Å². The first kappa shape index (κ1) is 10.0. The highest BCUT2D eigenvalue weighted by molar-refractivity contribution is 6.08. The first-order valence-electron chi connectivity index (χ1n) is 5.37. The third kappa shape index (κ3) is 1.35. The molecule has 17 heavy (non-hydrogen) atoms. The van der Waals surface area contributed by atoms with Crippen LogP contribution in [0, 0.1) is 0 Å². The summed E-state index contributed by atoms with van der Waals surface area (Å²) in [6, 6.07) is 11.7. The molecular weight excluding hydrogens is 216 g/mol. The Kier molecular flexibility index (Phi) is 2.18. The monoisotopic (exact) mass is 228 g/mol. The third-order valence-corrected chi connectivity index (χ3v) is 2.89. The largest absolute Gasteiger partial charge is 0.493 e. The van der Waals surface area contributed by atoms with E-state index in [9.17, 15) is 0 Å². The van der Waals surface area contributed by atoms with E-state index in [4.69, 9.17) is 13.9 Å². The highest BCUT2D eigenvalue weighted by atomic mass is 16.5. The summed E-state index contributed by atoms with van der Waals surface area (Å²) in [4.78, 5) is 0. The zero-order valence-corrected chi connectivity index (χ0v) is 9.69. The molecule has 0 spiro atoms. The van der Waals surface area contributed by atoms with E-state index in [1.165, 1.54) is 0 Å². The van der Waals surface area contributed by atoms with Gasteiger partial charge < -0.3 is 13.9 Å². The average molecular weight is 228 g/mol. The van der Waals surface area contributed by atoms with Crippen molar-refractivity contribution in [2.45, 2.75) is 0 Å². The van der Waals surface area contributed by atoms with Crippen LogP contribution in [0.3, 0.4) is 0 Å². The summed E-state index contributed by atoms with van der Waals surface area (Å²) in [7, 11) is 3.28. The number of ether oxygens (including phenoxy) is 2. The molecule has 0 aliphatic rings. The van der Waals surface area contributed by atoms with E-state index < -0.39 is 0 Å². The molecule has 1 aromatic heterocycles. The lowest BCUT2D eigenvalue weighted by molar-refractivity contribution is 0.404. The molecule has 1 heterocycles. The molecule has 0 N–H and O–H groups in total. The van der Waals surface area contributed by atoms with Crippen LogP contribution in [-0.4, -0.2) is 14.2 Å². The minimum atomic E-state index is 0.737. The van der Waals surface area contributed by atoms with Gasteiger partial charge in [-0.3, -0.25) is 0 Å². The van der Waals surface area contributed by atoms with Crippen LogP contribution in [0.15, 0.2) is 40.8 Å². The second kappa shape index (κ2) is 3.70. The first-order chi connectivity index (χ1) is 8.35. The highest BCUT2D eigenvalue weighted by Crippen LogP contribution is 2.38. The maximum Gasteiger partial charge on any atom is 0.177 e. The van der Waals surface area contributed by atoms with Gasteiger partial charge in [0.05, 0.1) is 14.2 Å². The number of furan rings is 1. The van der Waals surface area contributed by atoms with E-state index in [2.05, 4.69) is 0 Å². The van der Waals surface area contributed by atoms with Crippen molar-refractivity contribution in [3.8, 4) is 11.5 Å². The number of hydrogen-bond donors (Lipinski definition) is 0. The Hall–Kier alpha value is -2.16. The van der Waals surface area contributed by atoms with Gasteiger partial charge in [-0.2, -0.15) is 0 Å².